The molecule has 3 rings (SSSR count). The van der Waals surface area contributed by atoms with E-state index in [1.165, 1.54) is 0 Å². The molecule has 0 saturated carbocycles. The second-order valence-electron chi connectivity index (χ2n) is 4.71. The van der Waals surface area contributed by atoms with E-state index in [4.69, 9.17) is 4.74 Å². The van der Waals surface area contributed by atoms with Gasteiger partial charge < -0.3 is 9.64 Å². The van der Waals surface area contributed by atoms with Crippen molar-refractivity contribution in [2.45, 2.75) is 4.90 Å². The average Bonchev–Trinajstić information content (AvgIpc) is 2.55. The molecule has 0 fully saturated rings. The van der Waals surface area contributed by atoms with Crippen LogP contribution in [0.3, 0.4) is 0 Å². The Morgan fingerprint density at radius 3 is 2.81 bits per heavy atom. The standard InChI is InChI=1S/C16H15NO3S/c1-20-13-6-4-5-12(11-13)16(18)17-9-10-21(19)15-8-3-2-7-14(15)17/h2-8,11H,9-10H2,1H3. The number of carbonyl (C=O) groups excluding carboxylic acids is 1. The van der Waals surface area contributed by atoms with Crippen molar-refractivity contribution in [2.24, 2.45) is 0 Å². The van der Waals surface area contributed by atoms with E-state index in [1.54, 1.807) is 36.3 Å². The van der Waals surface area contributed by atoms with Gasteiger partial charge in [0.25, 0.3) is 5.91 Å². The Labute approximate surface area is 125 Å². The molecule has 0 aliphatic carbocycles. The number of carbonyl (C=O) groups is 1. The molecule has 108 valence electrons. The van der Waals surface area contributed by atoms with Crippen LogP contribution < -0.4 is 9.64 Å². The van der Waals surface area contributed by atoms with Crippen LogP contribution in [0.25, 0.3) is 0 Å². The fourth-order valence-corrected chi connectivity index (χ4v) is 3.61. The number of amides is 1. The molecule has 1 aliphatic heterocycles. The molecule has 1 unspecified atom stereocenters. The van der Waals surface area contributed by atoms with Gasteiger partial charge in [-0.1, -0.05) is 18.2 Å². The highest BCUT2D eigenvalue weighted by molar-refractivity contribution is 7.85. The molecule has 0 spiro atoms. The Hall–Kier alpha value is -2.14. The molecule has 1 heterocycles. The Bertz CT molecular complexity index is 714. The molecule has 0 bridgehead atoms. The van der Waals surface area contributed by atoms with E-state index in [9.17, 15) is 9.00 Å². The van der Waals surface area contributed by atoms with Crippen molar-refractivity contribution in [1.29, 1.82) is 0 Å². The summed E-state index contributed by atoms with van der Waals surface area (Å²) in [4.78, 5) is 15.1. The lowest BCUT2D eigenvalue weighted by Crippen LogP contribution is -2.38. The predicted molar refractivity (Wildman–Crippen MR) is 82.4 cm³/mol. The lowest BCUT2D eigenvalue weighted by atomic mass is 10.1. The summed E-state index contributed by atoms with van der Waals surface area (Å²) in [7, 11) is 0.539. The van der Waals surface area contributed by atoms with Crippen LogP contribution in [0.2, 0.25) is 0 Å². The number of methoxy groups -OCH3 is 1. The van der Waals surface area contributed by atoms with Gasteiger partial charge in [-0.05, 0) is 30.3 Å². The zero-order chi connectivity index (χ0) is 14.8. The van der Waals surface area contributed by atoms with Gasteiger partial charge in [0, 0.05) is 17.9 Å². The second-order valence-corrected chi connectivity index (χ2v) is 6.25. The van der Waals surface area contributed by atoms with Crippen molar-refractivity contribution >= 4 is 22.4 Å². The maximum absolute atomic E-state index is 12.7. The fraction of sp³-hybridized carbons (Fsp3) is 0.188. The first-order valence-corrected chi connectivity index (χ1v) is 7.96. The number of fused-ring (bicyclic) bond motifs is 1. The summed E-state index contributed by atoms with van der Waals surface area (Å²) in [5.74, 6) is 1.01. The van der Waals surface area contributed by atoms with E-state index < -0.39 is 10.8 Å². The molecular formula is C16H15NO3S. The number of hydrogen-bond donors (Lipinski definition) is 0. The number of ether oxygens (including phenoxy) is 1. The van der Waals surface area contributed by atoms with Crippen LogP contribution >= 0.6 is 0 Å². The predicted octanol–water partition coefficient (Wildman–Crippen LogP) is 2.46. The topological polar surface area (TPSA) is 46.6 Å². The maximum Gasteiger partial charge on any atom is 0.258 e. The van der Waals surface area contributed by atoms with Crippen LogP contribution in [0.5, 0.6) is 5.75 Å². The van der Waals surface area contributed by atoms with Gasteiger partial charge in [-0.2, -0.15) is 0 Å². The van der Waals surface area contributed by atoms with Crippen LogP contribution in [0, 0.1) is 0 Å². The monoisotopic (exact) mass is 301 g/mol. The lowest BCUT2D eigenvalue weighted by Gasteiger charge is -2.29. The minimum atomic E-state index is -1.03. The fourth-order valence-electron chi connectivity index (χ4n) is 2.40. The molecular weight excluding hydrogens is 286 g/mol. The molecule has 0 radical (unpaired) electrons. The highest BCUT2D eigenvalue weighted by atomic mass is 32.2. The minimum absolute atomic E-state index is 0.0990. The zero-order valence-electron chi connectivity index (χ0n) is 11.6. The Balaban J connectivity index is 1.99. The van der Waals surface area contributed by atoms with E-state index in [2.05, 4.69) is 0 Å². The summed E-state index contributed by atoms with van der Waals surface area (Å²) in [5, 5.41) is 0. The largest absolute Gasteiger partial charge is 0.497 e. The van der Waals surface area contributed by atoms with E-state index in [-0.39, 0.29) is 5.91 Å². The van der Waals surface area contributed by atoms with Crippen LogP contribution in [0.4, 0.5) is 5.69 Å². The third-order valence-electron chi connectivity index (χ3n) is 3.46. The first-order chi connectivity index (χ1) is 10.2. The molecule has 0 aromatic heterocycles. The van der Waals surface area contributed by atoms with Crippen molar-refractivity contribution in [1.82, 2.24) is 0 Å². The number of nitrogens with zero attached hydrogens (tertiary/aromatic N) is 1. The third-order valence-corrected chi connectivity index (χ3v) is 4.85. The Morgan fingerprint density at radius 1 is 1.19 bits per heavy atom. The molecule has 1 atom stereocenters. The van der Waals surface area contributed by atoms with E-state index in [0.717, 1.165) is 10.6 Å². The van der Waals surface area contributed by atoms with Gasteiger partial charge in [0.2, 0.25) is 0 Å². The van der Waals surface area contributed by atoms with Gasteiger partial charge in [-0.15, -0.1) is 0 Å². The van der Waals surface area contributed by atoms with E-state index >= 15 is 0 Å². The molecule has 0 saturated heterocycles. The number of para-hydroxylation sites is 1. The van der Waals surface area contributed by atoms with Crippen LogP contribution in [-0.2, 0) is 10.8 Å². The molecule has 1 amide bonds. The molecule has 2 aromatic rings. The normalized spacial score (nSPS) is 17.2. The summed E-state index contributed by atoms with van der Waals surface area (Å²) in [6.45, 7) is 0.458. The summed E-state index contributed by atoms with van der Waals surface area (Å²) < 4.78 is 17.2. The highest BCUT2D eigenvalue weighted by Gasteiger charge is 2.27. The smallest absolute Gasteiger partial charge is 0.258 e. The SMILES string of the molecule is COc1cccc(C(=O)N2CCS(=O)c3ccccc32)c1. The molecule has 2 aromatic carbocycles. The molecule has 21 heavy (non-hydrogen) atoms. The van der Waals surface area contributed by atoms with Crippen LogP contribution in [-0.4, -0.2) is 29.5 Å². The number of benzene rings is 2. The molecule has 4 nitrogen and oxygen atoms in total. The number of anilines is 1. The molecule has 0 N–H and O–H groups in total. The van der Waals surface area contributed by atoms with Gasteiger partial charge in [-0.25, -0.2) is 0 Å². The molecule has 1 aliphatic rings. The van der Waals surface area contributed by atoms with Gasteiger partial charge >= 0.3 is 0 Å². The van der Waals surface area contributed by atoms with Gasteiger partial charge in [0.15, 0.2) is 0 Å². The van der Waals surface area contributed by atoms with Crippen LogP contribution in [0.15, 0.2) is 53.4 Å². The van der Waals surface area contributed by atoms with Crippen molar-refractivity contribution < 1.29 is 13.7 Å². The van der Waals surface area contributed by atoms with Crippen LogP contribution in [0.1, 0.15) is 10.4 Å². The maximum atomic E-state index is 12.7. The summed E-state index contributed by atoms with van der Waals surface area (Å²) >= 11 is 0. The van der Waals surface area contributed by atoms with Gasteiger partial charge in [-0.3, -0.25) is 9.00 Å². The Kier molecular flexibility index (Phi) is 3.75. The first kappa shape index (κ1) is 13.8. The van der Waals surface area contributed by atoms with Crippen molar-refractivity contribution in [3.8, 4) is 5.75 Å². The van der Waals surface area contributed by atoms with Crippen molar-refractivity contribution in [3.05, 3.63) is 54.1 Å². The van der Waals surface area contributed by atoms with Gasteiger partial charge in [0.1, 0.15) is 5.75 Å². The second kappa shape index (κ2) is 5.69. The van der Waals surface area contributed by atoms with Crippen molar-refractivity contribution in [2.75, 3.05) is 24.3 Å². The minimum Gasteiger partial charge on any atom is -0.497 e. The van der Waals surface area contributed by atoms with E-state index in [1.807, 2.05) is 24.3 Å². The first-order valence-electron chi connectivity index (χ1n) is 6.64. The summed E-state index contributed by atoms with van der Waals surface area (Å²) in [5.41, 5.74) is 1.30. The van der Waals surface area contributed by atoms with Gasteiger partial charge in [0.05, 0.1) is 28.5 Å². The highest BCUT2D eigenvalue weighted by Crippen LogP contribution is 2.29. The number of rotatable bonds is 2. The van der Waals surface area contributed by atoms with Crippen molar-refractivity contribution in [3.63, 3.8) is 0 Å². The third kappa shape index (κ3) is 2.56. The summed E-state index contributed by atoms with van der Waals surface area (Å²) in [6, 6.07) is 14.4. The Morgan fingerprint density at radius 2 is 2.00 bits per heavy atom. The van der Waals surface area contributed by atoms with E-state index in [0.29, 0.717) is 23.6 Å². The zero-order valence-corrected chi connectivity index (χ0v) is 12.4. The number of hydrogen-bond acceptors (Lipinski definition) is 3. The quantitative estimate of drug-likeness (QED) is 0.856. The average molecular weight is 301 g/mol. The molecule has 5 heteroatoms. The lowest BCUT2D eigenvalue weighted by molar-refractivity contribution is 0.0987. The summed E-state index contributed by atoms with van der Waals surface area (Å²) in [6.07, 6.45) is 0.